The summed E-state index contributed by atoms with van der Waals surface area (Å²) in [5, 5.41) is 15.1. The molecule has 0 spiro atoms. The van der Waals surface area contributed by atoms with Crippen LogP contribution in [0.2, 0.25) is 0 Å². The average Bonchev–Trinajstić information content (AvgIpc) is 2.62. The van der Waals surface area contributed by atoms with Gasteiger partial charge in [-0.25, -0.2) is 4.79 Å². The third kappa shape index (κ3) is 5.61. The van der Waals surface area contributed by atoms with Crippen LogP contribution in [0.1, 0.15) is 45.6 Å². The lowest BCUT2D eigenvalue weighted by Crippen LogP contribution is -2.44. The van der Waals surface area contributed by atoms with E-state index in [9.17, 15) is 4.79 Å². The Labute approximate surface area is 166 Å². The summed E-state index contributed by atoms with van der Waals surface area (Å²) in [6.07, 6.45) is 2.32. The van der Waals surface area contributed by atoms with Gasteiger partial charge in [0.1, 0.15) is 11.7 Å². The van der Waals surface area contributed by atoms with Gasteiger partial charge in [0.25, 0.3) is 0 Å². The second-order valence-electron chi connectivity index (χ2n) is 7.77. The minimum atomic E-state index is -0.514. The van der Waals surface area contributed by atoms with E-state index in [0.29, 0.717) is 48.7 Å². The fraction of sp³-hybridized carbons (Fsp3) is 0.550. The van der Waals surface area contributed by atoms with Gasteiger partial charge in [-0.05, 0) is 32.9 Å². The molecule has 0 radical (unpaired) electrons. The highest BCUT2D eigenvalue weighted by Crippen LogP contribution is 2.37. The molecule has 0 bridgehead atoms. The number of carbonyl (C=O) groups excluding carboxylic acids is 1. The maximum Gasteiger partial charge on any atom is 0.410 e. The lowest BCUT2D eigenvalue weighted by Gasteiger charge is -2.33. The van der Waals surface area contributed by atoms with Crippen molar-refractivity contribution in [2.75, 3.05) is 25.9 Å². The molecule has 154 valence electrons. The summed E-state index contributed by atoms with van der Waals surface area (Å²) in [7, 11) is 1.52. The molecular weight excluding hydrogens is 360 g/mol. The van der Waals surface area contributed by atoms with Crippen LogP contribution in [0.4, 0.5) is 10.5 Å². The maximum absolute atomic E-state index is 12.2. The molecule has 1 saturated heterocycles. The molecule has 1 aromatic rings. The molecule has 1 aromatic carbocycles. The quantitative estimate of drug-likeness (QED) is 0.507. The number of likely N-dealkylation sites (tertiary alicyclic amines) is 1. The fourth-order valence-electron chi connectivity index (χ4n) is 2.95. The number of hydrogen-bond acceptors (Lipinski definition) is 7. The molecule has 1 amide bonds. The first-order chi connectivity index (χ1) is 13.1. The van der Waals surface area contributed by atoms with Crippen molar-refractivity contribution < 1.29 is 19.0 Å². The number of nitrogens with one attached hydrogen (secondary N) is 2. The first-order valence-electron chi connectivity index (χ1n) is 9.33. The molecule has 0 unspecified atom stereocenters. The van der Waals surface area contributed by atoms with E-state index in [2.05, 4.69) is 0 Å². The first-order valence-corrected chi connectivity index (χ1v) is 9.33. The van der Waals surface area contributed by atoms with Crippen molar-refractivity contribution in [2.45, 2.75) is 51.7 Å². The van der Waals surface area contributed by atoms with E-state index in [-0.39, 0.29) is 24.3 Å². The minimum Gasteiger partial charge on any atom is -0.493 e. The van der Waals surface area contributed by atoms with Crippen LogP contribution >= 0.6 is 0 Å². The monoisotopic (exact) mass is 390 g/mol. The Hall–Kier alpha value is -2.77. The van der Waals surface area contributed by atoms with Gasteiger partial charge in [0.05, 0.1) is 12.8 Å². The zero-order valence-corrected chi connectivity index (χ0v) is 17.0. The smallest absolute Gasteiger partial charge is 0.410 e. The summed E-state index contributed by atoms with van der Waals surface area (Å²) < 4.78 is 16.9. The van der Waals surface area contributed by atoms with E-state index in [0.717, 1.165) is 0 Å². The van der Waals surface area contributed by atoms with Crippen molar-refractivity contribution >= 4 is 23.7 Å². The number of benzene rings is 1. The standard InChI is InChI=1S/C20H30N4O4/c1-20(2,3)28-19(25)24-9-6-14(7-10-24)27-18-16(23)11-13(12-17(18)26-4)15(22)5-8-21/h8,11-12,14,21-22H,5-7,9-10,23H2,1-4H3. The predicted molar refractivity (Wildman–Crippen MR) is 109 cm³/mol. The van der Waals surface area contributed by atoms with Gasteiger partial charge >= 0.3 is 6.09 Å². The molecule has 2 rings (SSSR count). The molecule has 8 heteroatoms. The van der Waals surface area contributed by atoms with Crippen LogP contribution in [-0.4, -0.2) is 54.8 Å². The summed E-state index contributed by atoms with van der Waals surface area (Å²) in [5.74, 6) is 0.906. The minimum absolute atomic E-state index is 0.0956. The number of amides is 1. The second kappa shape index (κ2) is 8.95. The second-order valence-corrected chi connectivity index (χ2v) is 7.77. The normalized spacial score (nSPS) is 15.1. The number of anilines is 1. The molecule has 0 aromatic heterocycles. The summed E-state index contributed by atoms with van der Waals surface area (Å²) in [4.78, 5) is 13.9. The Morgan fingerprint density at radius 3 is 2.50 bits per heavy atom. The Morgan fingerprint density at radius 1 is 1.32 bits per heavy atom. The number of piperidine rings is 1. The van der Waals surface area contributed by atoms with Crippen LogP contribution in [0.3, 0.4) is 0 Å². The number of ether oxygens (including phenoxy) is 3. The zero-order chi connectivity index (χ0) is 20.9. The van der Waals surface area contributed by atoms with Gasteiger partial charge in [-0.1, -0.05) is 0 Å². The highest BCUT2D eigenvalue weighted by molar-refractivity contribution is 6.06. The largest absolute Gasteiger partial charge is 0.493 e. The Bertz CT molecular complexity index is 734. The van der Waals surface area contributed by atoms with Crippen LogP contribution < -0.4 is 15.2 Å². The van der Waals surface area contributed by atoms with E-state index >= 15 is 0 Å². The summed E-state index contributed by atoms with van der Waals surface area (Å²) in [5.41, 5.74) is 6.91. The Kier molecular flexibility index (Phi) is 6.88. The van der Waals surface area contributed by atoms with Gasteiger partial charge in [-0.3, -0.25) is 0 Å². The molecule has 1 heterocycles. The SMILES string of the molecule is COc1cc(C(=N)CC=N)cc(N)c1OC1CCN(C(=O)OC(C)(C)C)CC1. The number of carbonyl (C=O) groups is 1. The highest BCUT2D eigenvalue weighted by atomic mass is 16.6. The summed E-state index contributed by atoms with van der Waals surface area (Å²) >= 11 is 0. The van der Waals surface area contributed by atoms with Crippen molar-refractivity contribution in [3.63, 3.8) is 0 Å². The highest BCUT2D eigenvalue weighted by Gasteiger charge is 2.28. The van der Waals surface area contributed by atoms with Gasteiger partial charge in [0.15, 0.2) is 11.5 Å². The zero-order valence-electron chi connectivity index (χ0n) is 17.0. The number of methoxy groups -OCH3 is 1. The van der Waals surface area contributed by atoms with Gasteiger partial charge in [0.2, 0.25) is 0 Å². The third-order valence-corrected chi connectivity index (χ3v) is 4.34. The molecule has 8 nitrogen and oxygen atoms in total. The lowest BCUT2D eigenvalue weighted by molar-refractivity contribution is 0.0125. The number of nitrogen functional groups attached to an aromatic ring is 1. The number of hydrogen-bond donors (Lipinski definition) is 3. The van der Waals surface area contributed by atoms with Crippen LogP contribution in [0.25, 0.3) is 0 Å². The molecule has 0 saturated carbocycles. The van der Waals surface area contributed by atoms with Crippen LogP contribution in [0, 0.1) is 10.8 Å². The molecule has 1 aliphatic rings. The van der Waals surface area contributed by atoms with E-state index in [1.165, 1.54) is 13.3 Å². The first kappa shape index (κ1) is 21.5. The molecule has 28 heavy (non-hydrogen) atoms. The Balaban J connectivity index is 2.04. The molecule has 4 N–H and O–H groups in total. The average molecular weight is 390 g/mol. The summed E-state index contributed by atoms with van der Waals surface area (Å²) in [6, 6.07) is 3.37. The van der Waals surface area contributed by atoms with Crippen molar-refractivity contribution in [1.29, 1.82) is 10.8 Å². The van der Waals surface area contributed by atoms with Gasteiger partial charge < -0.3 is 35.7 Å². The fourth-order valence-corrected chi connectivity index (χ4v) is 2.95. The molecule has 1 fully saturated rings. The molecule has 1 aliphatic heterocycles. The predicted octanol–water partition coefficient (Wildman–Crippen LogP) is 3.46. The van der Waals surface area contributed by atoms with Gasteiger partial charge in [-0.15, -0.1) is 0 Å². The molecule has 0 aliphatic carbocycles. The topological polar surface area (TPSA) is 122 Å². The van der Waals surface area contributed by atoms with E-state index in [1.807, 2.05) is 20.8 Å². The van der Waals surface area contributed by atoms with Crippen LogP contribution in [0.15, 0.2) is 12.1 Å². The maximum atomic E-state index is 12.2. The third-order valence-electron chi connectivity index (χ3n) is 4.34. The lowest BCUT2D eigenvalue weighted by atomic mass is 10.1. The van der Waals surface area contributed by atoms with E-state index in [1.54, 1.807) is 17.0 Å². The molecule has 0 atom stereocenters. The number of nitrogens with zero attached hydrogens (tertiary/aromatic N) is 1. The van der Waals surface area contributed by atoms with Crippen molar-refractivity contribution in [3.8, 4) is 11.5 Å². The van der Waals surface area contributed by atoms with Crippen LogP contribution in [-0.2, 0) is 4.74 Å². The summed E-state index contributed by atoms with van der Waals surface area (Å²) in [6.45, 7) is 6.64. The van der Waals surface area contributed by atoms with Gasteiger partial charge in [-0.2, -0.15) is 0 Å². The number of rotatable bonds is 6. The number of nitrogens with two attached hydrogens (primary N) is 1. The van der Waals surface area contributed by atoms with E-state index < -0.39 is 5.60 Å². The van der Waals surface area contributed by atoms with Crippen molar-refractivity contribution in [2.24, 2.45) is 0 Å². The molecular formula is C20H30N4O4. The Morgan fingerprint density at radius 2 is 1.96 bits per heavy atom. The van der Waals surface area contributed by atoms with E-state index in [4.69, 9.17) is 30.8 Å². The van der Waals surface area contributed by atoms with Crippen molar-refractivity contribution in [3.05, 3.63) is 17.7 Å². The van der Waals surface area contributed by atoms with Crippen LogP contribution in [0.5, 0.6) is 11.5 Å². The van der Waals surface area contributed by atoms with Crippen molar-refractivity contribution in [1.82, 2.24) is 4.90 Å². The van der Waals surface area contributed by atoms with Gasteiger partial charge in [0, 0.05) is 49.8 Å².